The van der Waals surface area contributed by atoms with Crippen molar-refractivity contribution >= 4 is 22.1 Å². The van der Waals surface area contributed by atoms with Crippen LogP contribution in [0.3, 0.4) is 0 Å². The van der Waals surface area contributed by atoms with E-state index in [4.69, 9.17) is 4.55 Å². The minimum absolute atomic E-state index is 0.0123. The predicted molar refractivity (Wildman–Crippen MR) is 62.0 cm³/mol. The maximum absolute atomic E-state index is 11.2. The van der Waals surface area contributed by atoms with E-state index in [9.17, 15) is 18.0 Å². The van der Waals surface area contributed by atoms with E-state index in [0.717, 1.165) is 0 Å². The summed E-state index contributed by atoms with van der Waals surface area (Å²) < 4.78 is 39.1. The first-order chi connectivity index (χ1) is 8.03. The lowest BCUT2D eigenvalue weighted by molar-refractivity contribution is -0.178. The molecule has 0 spiro atoms. The minimum Gasteiger partial charge on any atom is -0.421 e. The second kappa shape index (κ2) is 6.31. The molecule has 0 aliphatic heterocycles. The van der Waals surface area contributed by atoms with E-state index >= 15 is 0 Å². The lowest BCUT2D eigenvalue weighted by Gasteiger charge is -2.16. The van der Waals surface area contributed by atoms with Crippen molar-refractivity contribution in [1.82, 2.24) is 0 Å². The summed E-state index contributed by atoms with van der Waals surface area (Å²) in [4.78, 5) is 22.4. The van der Waals surface area contributed by atoms with Crippen molar-refractivity contribution in [3.05, 3.63) is 24.3 Å². The highest BCUT2D eigenvalue weighted by molar-refractivity contribution is 7.85. The van der Waals surface area contributed by atoms with Crippen LogP contribution in [0.25, 0.3) is 0 Å². The van der Waals surface area contributed by atoms with Gasteiger partial charge in [-0.05, 0) is 13.8 Å². The average Bonchev–Trinajstić information content (AvgIpc) is 2.14. The van der Waals surface area contributed by atoms with Crippen LogP contribution in [0.5, 0.6) is 0 Å². The summed E-state index contributed by atoms with van der Waals surface area (Å²) in [6.45, 7) is 9.20. The van der Waals surface area contributed by atoms with Gasteiger partial charge in [0, 0.05) is 11.1 Å². The van der Waals surface area contributed by atoms with Gasteiger partial charge in [-0.15, -0.1) is 0 Å². The van der Waals surface area contributed by atoms with Crippen LogP contribution in [-0.2, 0) is 29.2 Å². The van der Waals surface area contributed by atoms with Crippen LogP contribution < -0.4 is 0 Å². The van der Waals surface area contributed by atoms with Crippen LogP contribution in [0.1, 0.15) is 13.8 Å². The first-order valence-corrected chi connectivity index (χ1v) is 6.32. The molecule has 0 aromatic heterocycles. The third-order valence-corrected chi connectivity index (χ3v) is 2.21. The SMILES string of the molecule is C=C(C)C(=O)OC(CS(=O)(=O)O)OC(=O)C(=C)C. The molecule has 0 aliphatic carbocycles. The largest absolute Gasteiger partial charge is 0.421 e. The Hall–Kier alpha value is -1.67. The zero-order chi connectivity index (χ0) is 14.5. The van der Waals surface area contributed by atoms with Gasteiger partial charge in [-0.3, -0.25) is 4.55 Å². The Labute approximate surface area is 105 Å². The molecular weight excluding hydrogens is 264 g/mol. The summed E-state index contributed by atoms with van der Waals surface area (Å²) in [6.07, 6.45) is -1.76. The van der Waals surface area contributed by atoms with Crippen molar-refractivity contribution in [2.24, 2.45) is 0 Å². The Morgan fingerprint density at radius 1 is 1.11 bits per heavy atom. The average molecular weight is 278 g/mol. The van der Waals surface area contributed by atoms with Crippen LogP contribution in [0.4, 0.5) is 0 Å². The Kier molecular flexibility index (Phi) is 5.73. The van der Waals surface area contributed by atoms with E-state index in [1.165, 1.54) is 13.8 Å². The minimum atomic E-state index is -4.48. The highest BCUT2D eigenvalue weighted by Gasteiger charge is 2.25. The maximum Gasteiger partial charge on any atom is 0.336 e. The lowest BCUT2D eigenvalue weighted by atomic mass is 10.3. The first-order valence-electron chi connectivity index (χ1n) is 4.71. The van der Waals surface area contributed by atoms with E-state index in [-0.39, 0.29) is 11.1 Å². The van der Waals surface area contributed by atoms with Gasteiger partial charge in [0.15, 0.2) is 0 Å². The van der Waals surface area contributed by atoms with E-state index in [2.05, 4.69) is 22.6 Å². The molecule has 7 nitrogen and oxygen atoms in total. The number of ether oxygens (including phenoxy) is 2. The normalized spacial score (nSPS) is 10.9. The standard InChI is InChI=1S/C10H14O7S/c1-6(2)9(11)16-8(5-18(13,14)15)17-10(12)7(3)4/h8H,1,3,5H2,2,4H3,(H,13,14,15). The molecule has 18 heavy (non-hydrogen) atoms. The Morgan fingerprint density at radius 3 is 1.67 bits per heavy atom. The Morgan fingerprint density at radius 2 is 1.44 bits per heavy atom. The molecule has 0 saturated heterocycles. The lowest BCUT2D eigenvalue weighted by Crippen LogP contribution is -2.31. The number of esters is 2. The van der Waals surface area contributed by atoms with Gasteiger partial charge >= 0.3 is 11.9 Å². The van der Waals surface area contributed by atoms with Gasteiger partial charge in [0.05, 0.1) is 0 Å². The van der Waals surface area contributed by atoms with Crippen molar-refractivity contribution in [1.29, 1.82) is 0 Å². The van der Waals surface area contributed by atoms with Crippen molar-refractivity contribution in [2.45, 2.75) is 20.1 Å². The second-order valence-corrected chi connectivity index (χ2v) is 5.05. The molecule has 0 radical (unpaired) electrons. The molecule has 0 aliphatic rings. The van der Waals surface area contributed by atoms with Crippen LogP contribution in [-0.4, -0.2) is 37.0 Å². The zero-order valence-electron chi connectivity index (χ0n) is 10.0. The van der Waals surface area contributed by atoms with E-state index in [1.807, 2.05) is 0 Å². The molecule has 0 aromatic carbocycles. The van der Waals surface area contributed by atoms with Gasteiger partial charge < -0.3 is 9.47 Å². The summed E-state index contributed by atoms with van der Waals surface area (Å²) in [7, 11) is -4.48. The zero-order valence-corrected chi connectivity index (χ0v) is 10.8. The number of rotatable bonds is 6. The second-order valence-electron chi connectivity index (χ2n) is 3.55. The number of carbonyl (C=O) groups is 2. The summed E-state index contributed by atoms with van der Waals surface area (Å²) in [5, 5.41) is 0. The summed E-state index contributed by atoms with van der Waals surface area (Å²) >= 11 is 0. The first kappa shape index (κ1) is 16.3. The third-order valence-electron chi connectivity index (χ3n) is 1.52. The van der Waals surface area contributed by atoms with Gasteiger partial charge in [-0.1, -0.05) is 13.2 Å². The maximum atomic E-state index is 11.2. The van der Waals surface area contributed by atoms with Gasteiger partial charge in [-0.2, -0.15) is 8.42 Å². The van der Waals surface area contributed by atoms with Gasteiger partial charge in [0.1, 0.15) is 5.75 Å². The molecule has 0 amide bonds. The molecule has 0 atom stereocenters. The quantitative estimate of drug-likeness (QED) is 0.325. The van der Waals surface area contributed by atoms with Gasteiger partial charge in [0.2, 0.25) is 0 Å². The molecule has 102 valence electrons. The molecule has 1 N–H and O–H groups in total. The van der Waals surface area contributed by atoms with Crippen molar-refractivity contribution < 1.29 is 32.0 Å². The highest BCUT2D eigenvalue weighted by atomic mass is 32.2. The molecule has 0 bridgehead atoms. The van der Waals surface area contributed by atoms with Crippen LogP contribution in [0.2, 0.25) is 0 Å². The number of hydrogen-bond acceptors (Lipinski definition) is 6. The molecule has 0 unspecified atom stereocenters. The summed E-state index contributed by atoms with van der Waals surface area (Å²) in [5.41, 5.74) is -0.0246. The Balaban J connectivity index is 4.84. The van der Waals surface area contributed by atoms with Crippen LogP contribution >= 0.6 is 0 Å². The molecule has 0 saturated carbocycles. The van der Waals surface area contributed by atoms with E-state index < -0.39 is 34.1 Å². The monoisotopic (exact) mass is 278 g/mol. The van der Waals surface area contributed by atoms with Crippen molar-refractivity contribution in [3.8, 4) is 0 Å². The summed E-state index contributed by atoms with van der Waals surface area (Å²) in [5.74, 6) is -2.96. The van der Waals surface area contributed by atoms with Gasteiger partial charge in [-0.25, -0.2) is 9.59 Å². The van der Waals surface area contributed by atoms with Crippen LogP contribution in [0.15, 0.2) is 24.3 Å². The molecule has 0 fully saturated rings. The van der Waals surface area contributed by atoms with Crippen LogP contribution in [0, 0.1) is 0 Å². The fraction of sp³-hybridized carbons (Fsp3) is 0.400. The van der Waals surface area contributed by atoms with Crippen molar-refractivity contribution in [2.75, 3.05) is 5.75 Å². The molecular formula is C10H14O7S. The van der Waals surface area contributed by atoms with Gasteiger partial charge in [0.25, 0.3) is 16.4 Å². The smallest absolute Gasteiger partial charge is 0.336 e. The fourth-order valence-electron chi connectivity index (χ4n) is 0.704. The summed E-state index contributed by atoms with van der Waals surface area (Å²) in [6, 6.07) is 0. The third kappa shape index (κ3) is 6.81. The number of hydrogen-bond donors (Lipinski definition) is 1. The number of carbonyl (C=O) groups excluding carboxylic acids is 2. The van der Waals surface area contributed by atoms with Crippen molar-refractivity contribution in [3.63, 3.8) is 0 Å². The Bertz CT molecular complexity index is 446. The molecule has 0 heterocycles. The molecule has 0 rings (SSSR count). The predicted octanol–water partition coefficient (Wildman–Crippen LogP) is 0.439. The van der Waals surface area contributed by atoms with E-state index in [1.54, 1.807) is 0 Å². The fourth-order valence-corrected chi connectivity index (χ4v) is 1.18. The highest BCUT2D eigenvalue weighted by Crippen LogP contribution is 2.06. The topological polar surface area (TPSA) is 107 Å². The van der Waals surface area contributed by atoms with E-state index in [0.29, 0.717) is 0 Å². The molecule has 0 aromatic rings. The molecule has 8 heteroatoms.